The molecule has 1 rings (SSSR count). The summed E-state index contributed by atoms with van der Waals surface area (Å²) < 4.78 is 4.81. The lowest BCUT2D eigenvalue weighted by Gasteiger charge is -2.08. The Balaban J connectivity index is 2.38. The number of rotatable bonds is 4. The number of nitrogens with two attached hydrogens (primary N) is 1. The molecule has 0 unspecified atom stereocenters. The molecule has 0 bridgehead atoms. The largest absolute Gasteiger partial charge is 0.459 e. The molecule has 76 valence electrons. The number of hydrogen-bond acceptors (Lipinski definition) is 4. The number of carbonyl (C=O) groups is 1. The van der Waals surface area contributed by atoms with Gasteiger partial charge >= 0.3 is 5.97 Å². The van der Waals surface area contributed by atoms with Gasteiger partial charge in [0.15, 0.2) is 6.10 Å². The molecule has 0 amide bonds. The van der Waals surface area contributed by atoms with E-state index < -0.39 is 12.1 Å². The quantitative estimate of drug-likeness (QED) is 0.666. The average Bonchev–Trinajstić information content (AvgIpc) is 2.26. The zero-order valence-electron chi connectivity index (χ0n) is 7.72. The Morgan fingerprint density at radius 1 is 1.43 bits per heavy atom. The zero-order chi connectivity index (χ0) is 10.4. The standard InChI is InChI=1S/C10H13NO3/c11-6-9(12)10(13)14-7-8-4-2-1-3-5-8/h1-5,9,12H,6-7,11H2/t9-/m1/s1. The van der Waals surface area contributed by atoms with Gasteiger partial charge in [0.1, 0.15) is 6.61 Å². The van der Waals surface area contributed by atoms with Crippen molar-refractivity contribution in [2.45, 2.75) is 12.7 Å². The van der Waals surface area contributed by atoms with Crippen molar-refractivity contribution in [1.82, 2.24) is 0 Å². The minimum absolute atomic E-state index is 0.117. The molecule has 0 heterocycles. The molecule has 14 heavy (non-hydrogen) atoms. The second kappa shape index (κ2) is 5.36. The molecule has 0 fully saturated rings. The third-order valence-corrected chi connectivity index (χ3v) is 1.72. The fourth-order valence-electron chi connectivity index (χ4n) is 0.921. The maximum absolute atomic E-state index is 11.0. The van der Waals surface area contributed by atoms with Crippen molar-refractivity contribution in [3.63, 3.8) is 0 Å². The van der Waals surface area contributed by atoms with Crippen LogP contribution in [-0.4, -0.2) is 23.7 Å². The van der Waals surface area contributed by atoms with Gasteiger partial charge < -0.3 is 15.6 Å². The van der Waals surface area contributed by atoms with Gasteiger partial charge in [-0.05, 0) is 5.56 Å². The summed E-state index contributed by atoms with van der Waals surface area (Å²) in [4.78, 5) is 11.0. The fraction of sp³-hybridized carbons (Fsp3) is 0.300. The number of hydrogen-bond donors (Lipinski definition) is 2. The summed E-state index contributed by atoms with van der Waals surface area (Å²) in [6.45, 7) is 0.0460. The molecule has 0 aliphatic carbocycles. The van der Waals surface area contributed by atoms with Crippen molar-refractivity contribution >= 4 is 5.97 Å². The minimum atomic E-state index is -1.22. The summed E-state index contributed by atoms with van der Waals surface area (Å²) in [5.41, 5.74) is 5.97. The molecule has 3 N–H and O–H groups in total. The topological polar surface area (TPSA) is 72.5 Å². The number of esters is 1. The van der Waals surface area contributed by atoms with Crippen molar-refractivity contribution in [3.05, 3.63) is 35.9 Å². The van der Waals surface area contributed by atoms with Crippen LogP contribution in [0.25, 0.3) is 0 Å². The monoisotopic (exact) mass is 195 g/mol. The summed E-state index contributed by atoms with van der Waals surface area (Å²) in [5, 5.41) is 9.00. The van der Waals surface area contributed by atoms with E-state index in [1.165, 1.54) is 0 Å². The second-order valence-electron chi connectivity index (χ2n) is 2.84. The molecule has 1 atom stereocenters. The zero-order valence-corrected chi connectivity index (χ0v) is 7.72. The highest BCUT2D eigenvalue weighted by Gasteiger charge is 2.13. The van der Waals surface area contributed by atoms with Gasteiger partial charge in [0.05, 0.1) is 0 Å². The summed E-state index contributed by atoms with van der Waals surface area (Å²) in [7, 11) is 0. The van der Waals surface area contributed by atoms with Crippen LogP contribution in [0.2, 0.25) is 0 Å². The fourth-order valence-corrected chi connectivity index (χ4v) is 0.921. The van der Waals surface area contributed by atoms with Crippen LogP contribution in [0.1, 0.15) is 5.56 Å². The third-order valence-electron chi connectivity index (χ3n) is 1.72. The molecule has 0 spiro atoms. The third kappa shape index (κ3) is 3.16. The van der Waals surface area contributed by atoms with Crippen molar-refractivity contribution in [3.8, 4) is 0 Å². The molecular weight excluding hydrogens is 182 g/mol. The van der Waals surface area contributed by atoms with E-state index in [-0.39, 0.29) is 13.2 Å². The van der Waals surface area contributed by atoms with E-state index in [0.717, 1.165) is 5.56 Å². The van der Waals surface area contributed by atoms with Crippen molar-refractivity contribution in [1.29, 1.82) is 0 Å². The van der Waals surface area contributed by atoms with Crippen molar-refractivity contribution in [2.75, 3.05) is 6.54 Å². The predicted molar refractivity (Wildman–Crippen MR) is 51.3 cm³/mol. The van der Waals surface area contributed by atoms with E-state index in [9.17, 15) is 4.79 Å². The van der Waals surface area contributed by atoms with Gasteiger partial charge in [-0.1, -0.05) is 30.3 Å². The molecule has 1 aromatic rings. The minimum Gasteiger partial charge on any atom is -0.459 e. The first-order valence-electron chi connectivity index (χ1n) is 4.32. The Morgan fingerprint density at radius 2 is 2.07 bits per heavy atom. The van der Waals surface area contributed by atoms with E-state index in [1.807, 2.05) is 30.3 Å². The van der Waals surface area contributed by atoms with E-state index in [2.05, 4.69) is 0 Å². The molecular formula is C10H13NO3. The molecule has 0 saturated carbocycles. The summed E-state index contributed by atoms with van der Waals surface area (Å²) in [5.74, 6) is -0.684. The average molecular weight is 195 g/mol. The normalized spacial score (nSPS) is 12.1. The maximum atomic E-state index is 11.0. The van der Waals surface area contributed by atoms with Crippen LogP contribution in [0.5, 0.6) is 0 Å². The Labute approximate surface area is 82.3 Å². The second-order valence-corrected chi connectivity index (χ2v) is 2.84. The van der Waals surface area contributed by atoms with Crippen LogP contribution in [-0.2, 0) is 16.1 Å². The summed E-state index contributed by atoms with van der Waals surface area (Å²) in [6.07, 6.45) is -1.22. The van der Waals surface area contributed by atoms with Gasteiger partial charge in [0, 0.05) is 6.54 Å². The smallest absolute Gasteiger partial charge is 0.336 e. The van der Waals surface area contributed by atoms with Gasteiger partial charge in [-0.25, -0.2) is 4.79 Å². The van der Waals surface area contributed by atoms with Crippen LogP contribution >= 0.6 is 0 Å². The number of ether oxygens (including phenoxy) is 1. The Bertz CT molecular complexity index is 287. The first-order chi connectivity index (χ1) is 6.74. The SMILES string of the molecule is NC[C@@H](O)C(=O)OCc1ccccc1. The Kier molecular flexibility index (Phi) is 4.10. The number of aliphatic hydroxyl groups is 1. The molecule has 4 nitrogen and oxygen atoms in total. The van der Waals surface area contributed by atoms with Gasteiger partial charge in [-0.2, -0.15) is 0 Å². The van der Waals surface area contributed by atoms with E-state index in [0.29, 0.717) is 0 Å². The first-order valence-corrected chi connectivity index (χ1v) is 4.32. The van der Waals surface area contributed by atoms with E-state index >= 15 is 0 Å². The van der Waals surface area contributed by atoms with Crippen LogP contribution in [0.3, 0.4) is 0 Å². The highest BCUT2D eigenvalue weighted by atomic mass is 16.5. The molecule has 4 heteroatoms. The van der Waals surface area contributed by atoms with E-state index in [1.54, 1.807) is 0 Å². The predicted octanol–water partition coefficient (Wildman–Crippen LogP) is 0.0494. The lowest BCUT2D eigenvalue weighted by Crippen LogP contribution is -2.30. The lowest BCUT2D eigenvalue weighted by molar-refractivity contribution is -0.154. The van der Waals surface area contributed by atoms with Gasteiger partial charge in [-0.15, -0.1) is 0 Å². The summed E-state index contributed by atoms with van der Waals surface area (Å²) >= 11 is 0. The Morgan fingerprint density at radius 3 is 2.64 bits per heavy atom. The van der Waals surface area contributed by atoms with Crippen LogP contribution in [0.15, 0.2) is 30.3 Å². The number of aliphatic hydroxyl groups excluding tert-OH is 1. The highest BCUT2D eigenvalue weighted by Crippen LogP contribution is 2.01. The maximum Gasteiger partial charge on any atom is 0.336 e. The molecule has 1 aromatic carbocycles. The molecule has 0 aliphatic heterocycles. The first kappa shape index (κ1) is 10.7. The van der Waals surface area contributed by atoms with Gasteiger partial charge in [-0.3, -0.25) is 0 Å². The Hall–Kier alpha value is -1.39. The van der Waals surface area contributed by atoms with Crippen LogP contribution in [0.4, 0.5) is 0 Å². The van der Waals surface area contributed by atoms with Crippen LogP contribution < -0.4 is 5.73 Å². The molecule has 0 saturated heterocycles. The van der Waals surface area contributed by atoms with Gasteiger partial charge in [0.2, 0.25) is 0 Å². The van der Waals surface area contributed by atoms with Crippen molar-refractivity contribution < 1.29 is 14.6 Å². The summed E-state index contributed by atoms with van der Waals surface area (Å²) in [6, 6.07) is 9.25. The lowest BCUT2D eigenvalue weighted by atomic mass is 10.2. The molecule has 0 radical (unpaired) electrons. The van der Waals surface area contributed by atoms with Crippen LogP contribution in [0, 0.1) is 0 Å². The number of carbonyl (C=O) groups excluding carboxylic acids is 1. The van der Waals surface area contributed by atoms with E-state index in [4.69, 9.17) is 15.6 Å². The molecule has 0 aromatic heterocycles. The van der Waals surface area contributed by atoms with Gasteiger partial charge in [0.25, 0.3) is 0 Å². The number of benzene rings is 1. The molecule has 0 aliphatic rings. The van der Waals surface area contributed by atoms with Crippen molar-refractivity contribution in [2.24, 2.45) is 5.73 Å². The highest BCUT2D eigenvalue weighted by molar-refractivity contribution is 5.74.